The fourth-order valence-electron chi connectivity index (χ4n) is 1.03. The Morgan fingerprint density at radius 3 is 2.60 bits per heavy atom. The van der Waals surface area contributed by atoms with Crippen LogP contribution in [0.25, 0.3) is 0 Å². The van der Waals surface area contributed by atoms with Gasteiger partial charge in [-0.1, -0.05) is 12.1 Å². The number of benzene rings is 1. The van der Waals surface area contributed by atoms with Crippen LogP contribution in [0.2, 0.25) is 0 Å². The second kappa shape index (κ2) is 4.45. The molecule has 0 unspecified atom stereocenters. The number of rotatable bonds is 2. The number of thiol groups is 1. The van der Waals surface area contributed by atoms with Crippen LogP contribution in [0.1, 0.15) is 5.56 Å². The standard InChI is InChI=1S/C9H6F3NOS/c10-9(11,12)14-8-6(4-5-13)2-1-3-7(8)15/h1-3,15H,4H2. The maximum atomic E-state index is 12.0. The molecule has 2 nitrogen and oxygen atoms in total. The number of nitrogens with zero attached hydrogens (tertiary/aromatic N) is 1. The Kier molecular flexibility index (Phi) is 3.48. The number of alkyl halides is 3. The first-order valence-corrected chi connectivity index (χ1v) is 4.32. The van der Waals surface area contributed by atoms with Crippen molar-refractivity contribution in [3.05, 3.63) is 23.8 Å². The van der Waals surface area contributed by atoms with Crippen LogP contribution in [-0.4, -0.2) is 6.36 Å². The fourth-order valence-corrected chi connectivity index (χ4v) is 1.30. The van der Waals surface area contributed by atoms with Crippen molar-refractivity contribution in [1.82, 2.24) is 0 Å². The van der Waals surface area contributed by atoms with E-state index in [-0.39, 0.29) is 16.9 Å². The number of halogens is 3. The molecule has 0 atom stereocenters. The second-order valence-corrected chi connectivity index (χ2v) is 3.13. The average molecular weight is 233 g/mol. The highest BCUT2D eigenvalue weighted by atomic mass is 32.1. The SMILES string of the molecule is N#CCc1cccc(S)c1OC(F)(F)F. The molecule has 1 rings (SSSR count). The number of hydrogen-bond donors (Lipinski definition) is 1. The normalized spacial score (nSPS) is 10.9. The molecule has 0 saturated carbocycles. The van der Waals surface area contributed by atoms with Crippen molar-refractivity contribution in [2.45, 2.75) is 17.7 Å². The average Bonchev–Trinajstić information content (AvgIpc) is 2.10. The maximum Gasteiger partial charge on any atom is 0.573 e. The lowest BCUT2D eigenvalue weighted by atomic mass is 10.1. The van der Waals surface area contributed by atoms with Gasteiger partial charge in [-0.05, 0) is 6.07 Å². The van der Waals surface area contributed by atoms with E-state index in [9.17, 15) is 13.2 Å². The molecule has 6 heteroatoms. The number of hydrogen-bond acceptors (Lipinski definition) is 3. The van der Waals surface area contributed by atoms with E-state index in [0.717, 1.165) is 0 Å². The minimum Gasteiger partial charge on any atom is -0.404 e. The van der Waals surface area contributed by atoms with Crippen molar-refractivity contribution in [2.24, 2.45) is 0 Å². The van der Waals surface area contributed by atoms with Crippen molar-refractivity contribution < 1.29 is 17.9 Å². The minimum atomic E-state index is -4.77. The lowest BCUT2D eigenvalue weighted by molar-refractivity contribution is -0.275. The van der Waals surface area contributed by atoms with Gasteiger partial charge in [0.25, 0.3) is 0 Å². The molecule has 1 aromatic carbocycles. The Bertz CT molecular complexity index is 397. The highest BCUT2D eigenvalue weighted by molar-refractivity contribution is 7.80. The Morgan fingerprint density at radius 2 is 2.07 bits per heavy atom. The molecule has 15 heavy (non-hydrogen) atoms. The smallest absolute Gasteiger partial charge is 0.404 e. The molecular formula is C9H6F3NOS. The van der Waals surface area contributed by atoms with Crippen LogP contribution in [0.3, 0.4) is 0 Å². The zero-order valence-electron chi connectivity index (χ0n) is 7.38. The number of ether oxygens (including phenoxy) is 1. The molecule has 0 N–H and O–H groups in total. The first-order chi connectivity index (χ1) is 6.94. The van der Waals surface area contributed by atoms with Crippen molar-refractivity contribution in [3.63, 3.8) is 0 Å². The fraction of sp³-hybridized carbons (Fsp3) is 0.222. The third-order valence-electron chi connectivity index (χ3n) is 1.56. The van der Waals surface area contributed by atoms with Crippen molar-refractivity contribution >= 4 is 12.6 Å². The second-order valence-electron chi connectivity index (χ2n) is 2.65. The van der Waals surface area contributed by atoms with E-state index >= 15 is 0 Å². The molecule has 0 aliphatic rings. The molecular weight excluding hydrogens is 227 g/mol. The van der Waals surface area contributed by atoms with Gasteiger partial charge < -0.3 is 4.74 Å². The largest absolute Gasteiger partial charge is 0.573 e. The van der Waals surface area contributed by atoms with E-state index in [4.69, 9.17) is 5.26 Å². The van der Waals surface area contributed by atoms with Crippen molar-refractivity contribution in [1.29, 1.82) is 5.26 Å². The van der Waals surface area contributed by atoms with E-state index in [1.807, 2.05) is 0 Å². The summed E-state index contributed by atoms with van der Waals surface area (Å²) < 4.78 is 39.8. The van der Waals surface area contributed by atoms with Crippen LogP contribution < -0.4 is 4.74 Å². The molecule has 0 radical (unpaired) electrons. The van der Waals surface area contributed by atoms with Gasteiger partial charge in [-0.25, -0.2) is 0 Å². The van der Waals surface area contributed by atoms with Gasteiger partial charge in [-0.15, -0.1) is 25.8 Å². The van der Waals surface area contributed by atoms with E-state index in [1.165, 1.54) is 18.2 Å². The molecule has 0 bridgehead atoms. The summed E-state index contributed by atoms with van der Waals surface area (Å²) in [5.74, 6) is -0.408. The zero-order valence-corrected chi connectivity index (χ0v) is 8.27. The Hall–Kier alpha value is -1.35. The molecule has 0 amide bonds. The van der Waals surface area contributed by atoms with Gasteiger partial charge in [-0.3, -0.25) is 0 Å². The summed E-state index contributed by atoms with van der Waals surface area (Å²) in [6, 6.07) is 6.03. The van der Waals surface area contributed by atoms with Gasteiger partial charge in [0, 0.05) is 10.5 Å². The highest BCUT2D eigenvalue weighted by Crippen LogP contribution is 2.32. The van der Waals surface area contributed by atoms with Gasteiger partial charge in [0.1, 0.15) is 5.75 Å². The van der Waals surface area contributed by atoms with Crippen molar-refractivity contribution in [3.8, 4) is 11.8 Å². The lowest BCUT2D eigenvalue weighted by Gasteiger charge is -2.13. The van der Waals surface area contributed by atoms with Crippen LogP contribution in [0.4, 0.5) is 13.2 Å². The molecule has 0 saturated heterocycles. The van der Waals surface area contributed by atoms with Gasteiger partial charge in [0.15, 0.2) is 0 Å². The van der Waals surface area contributed by atoms with Crippen LogP contribution in [0.15, 0.2) is 23.1 Å². The van der Waals surface area contributed by atoms with E-state index in [0.29, 0.717) is 0 Å². The third kappa shape index (κ3) is 3.36. The topological polar surface area (TPSA) is 33.0 Å². The van der Waals surface area contributed by atoms with Crippen molar-refractivity contribution in [2.75, 3.05) is 0 Å². The molecule has 0 aromatic heterocycles. The van der Waals surface area contributed by atoms with Crippen LogP contribution >= 0.6 is 12.6 Å². The first kappa shape index (κ1) is 11.7. The van der Waals surface area contributed by atoms with E-state index in [2.05, 4.69) is 17.4 Å². The number of para-hydroxylation sites is 1. The third-order valence-corrected chi connectivity index (χ3v) is 1.92. The molecule has 0 aliphatic heterocycles. The Balaban J connectivity index is 3.09. The lowest BCUT2D eigenvalue weighted by Crippen LogP contribution is -2.18. The van der Waals surface area contributed by atoms with Crippen LogP contribution in [-0.2, 0) is 6.42 Å². The number of nitriles is 1. The maximum absolute atomic E-state index is 12.0. The van der Waals surface area contributed by atoms with Gasteiger partial charge >= 0.3 is 6.36 Å². The predicted molar refractivity (Wildman–Crippen MR) is 49.7 cm³/mol. The molecule has 0 aliphatic carbocycles. The Labute approximate surface area is 89.7 Å². The quantitative estimate of drug-likeness (QED) is 0.796. The summed E-state index contributed by atoms with van der Waals surface area (Å²) >= 11 is 3.84. The van der Waals surface area contributed by atoms with Crippen LogP contribution in [0.5, 0.6) is 5.75 Å². The summed E-state index contributed by atoms with van der Waals surface area (Å²) in [5.41, 5.74) is 0.169. The molecule has 0 fully saturated rings. The molecule has 0 heterocycles. The van der Waals surface area contributed by atoms with Crippen LogP contribution in [0, 0.1) is 11.3 Å². The van der Waals surface area contributed by atoms with E-state index < -0.39 is 12.1 Å². The predicted octanol–water partition coefficient (Wildman–Crippen LogP) is 2.94. The monoisotopic (exact) mass is 233 g/mol. The van der Waals surface area contributed by atoms with Gasteiger partial charge in [0.05, 0.1) is 12.5 Å². The minimum absolute atomic E-state index is 0.0556. The summed E-state index contributed by atoms with van der Waals surface area (Å²) in [4.78, 5) is 0.0556. The summed E-state index contributed by atoms with van der Waals surface area (Å²) in [6.45, 7) is 0. The highest BCUT2D eigenvalue weighted by Gasteiger charge is 2.32. The zero-order chi connectivity index (χ0) is 11.5. The van der Waals surface area contributed by atoms with Gasteiger partial charge in [-0.2, -0.15) is 5.26 Å². The van der Waals surface area contributed by atoms with Gasteiger partial charge in [0.2, 0.25) is 0 Å². The summed E-state index contributed by atoms with van der Waals surface area (Å²) in [6.07, 6.45) is -4.93. The van der Waals surface area contributed by atoms with E-state index in [1.54, 1.807) is 6.07 Å². The molecule has 1 aromatic rings. The summed E-state index contributed by atoms with van der Waals surface area (Å²) in [7, 11) is 0. The Morgan fingerprint density at radius 1 is 1.40 bits per heavy atom. The first-order valence-electron chi connectivity index (χ1n) is 3.87. The molecule has 80 valence electrons. The molecule has 0 spiro atoms. The summed E-state index contributed by atoms with van der Waals surface area (Å²) in [5, 5.41) is 8.42.